The van der Waals surface area contributed by atoms with Crippen LogP contribution in [0.4, 0.5) is 5.69 Å². The molecule has 0 saturated heterocycles. The van der Waals surface area contributed by atoms with E-state index in [1.54, 1.807) is 0 Å². The molecule has 0 heterocycles. The summed E-state index contributed by atoms with van der Waals surface area (Å²) in [6, 6.07) is 8.34. The van der Waals surface area contributed by atoms with Crippen molar-refractivity contribution in [3.63, 3.8) is 0 Å². The number of hydrogen-bond acceptors (Lipinski definition) is 3. The normalized spacial score (nSPS) is 17.7. The van der Waals surface area contributed by atoms with Gasteiger partial charge in [-0.2, -0.15) is 0 Å². The molecule has 3 nitrogen and oxygen atoms in total. The molecule has 0 radical (unpaired) electrons. The van der Waals surface area contributed by atoms with E-state index in [1.807, 2.05) is 14.1 Å². The highest BCUT2D eigenvalue weighted by Crippen LogP contribution is 2.39. The van der Waals surface area contributed by atoms with Gasteiger partial charge in [0.25, 0.3) is 0 Å². The number of carbonyl (C=O) groups is 1. The van der Waals surface area contributed by atoms with Crippen LogP contribution in [0, 0.1) is 5.41 Å². The summed E-state index contributed by atoms with van der Waals surface area (Å²) in [6.07, 6.45) is 9.31. The summed E-state index contributed by atoms with van der Waals surface area (Å²) in [7, 11) is 5.54. The lowest BCUT2D eigenvalue weighted by molar-refractivity contribution is -0.151. The van der Waals surface area contributed by atoms with Crippen molar-refractivity contribution in [3.8, 4) is 0 Å². The van der Waals surface area contributed by atoms with Crippen LogP contribution >= 0.6 is 0 Å². The number of ether oxygens (including phenoxy) is 1. The van der Waals surface area contributed by atoms with Gasteiger partial charge in [-0.3, -0.25) is 4.79 Å². The first-order chi connectivity index (χ1) is 10.1. The van der Waals surface area contributed by atoms with Crippen molar-refractivity contribution in [2.45, 2.75) is 32.1 Å². The third-order valence-corrected chi connectivity index (χ3v) is 4.34. The molecule has 0 aliphatic heterocycles. The average Bonchev–Trinajstić information content (AvgIpc) is 2.53. The summed E-state index contributed by atoms with van der Waals surface area (Å²) in [4.78, 5) is 14.2. The van der Waals surface area contributed by atoms with Gasteiger partial charge in [0.05, 0.1) is 12.5 Å². The molecule has 0 unspecified atom stereocenters. The summed E-state index contributed by atoms with van der Waals surface area (Å²) < 4.78 is 5.04. The maximum Gasteiger partial charge on any atom is 0.315 e. The smallest absolute Gasteiger partial charge is 0.315 e. The van der Waals surface area contributed by atoms with E-state index in [0.717, 1.165) is 31.2 Å². The first kappa shape index (κ1) is 15.6. The Hall–Kier alpha value is -1.77. The van der Waals surface area contributed by atoms with E-state index < -0.39 is 5.41 Å². The van der Waals surface area contributed by atoms with Crippen LogP contribution < -0.4 is 4.90 Å². The van der Waals surface area contributed by atoms with E-state index in [9.17, 15) is 4.79 Å². The highest BCUT2D eigenvalue weighted by molar-refractivity contribution is 5.80. The number of benzene rings is 1. The molecule has 0 bridgehead atoms. The maximum atomic E-state index is 12.2. The van der Waals surface area contributed by atoms with E-state index >= 15 is 0 Å². The molecule has 0 amide bonds. The Labute approximate surface area is 127 Å². The van der Waals surface area contributed by atoms with Crippen LogP contribution in [0.3, 0.4) is 0 Å². The Morgan fingerprint density at radius 2 is 1.76 bits per heavy atom. The van der Waals surface area contributed by atoms with Crippen molar-refractivity contribution < 1.29 is 9.53 Å². The van der Waals surface area contributed by atoms with Gasteiger partial charge in [-0.25, -0.2) is 0 Å². The first-order valence-electron chi connectivity index (χ1n) is 7.62. The van der Waals surface area contributed by atoms with E-state index in [4.69, 9.17) is 4.74 Å². The molecular weight excluding hydrogens is 262 g/mol. The predicted molar refractivity (Wildman–Crippen MR) is 87.3 cm³/mol. The molecule has 0 aromatic heterocycles. The van der Waals surface area contributed by atoms with Crippen LogP contribution in [-0.2, 0) is 9.53 Å². The molecule has 1 fully saturated rings. The van der Waals surface area contributed by atoms with Gasteiger partial charge in [0.15, 0.2) is 0 Å². The molecule has 1 aromatic rings. The summed E-state index contributed by atoms with van der Waals surface area (Å²) in [5.74, 6) is -0.0941. The first-order valence-corrected chi connectivity index (χ1v) is 7.62. The molecule has 3 heteroatoms. The monoisotopic (exact) mass is 287 g/mol. The SMILES string of the molecule is COC(=O)C1(/C=C/c2ccc(N(C)C)cc2)CCCCC1. The molecule has 0 atom stereocenters. The van der Waals surface area contributed by atoms with Gasteiger partial charge in [0.1, 0.15) is 0 Å². The minimum Gasteiger partial charge on any atom is -0.468 e. The number of esters is 1. The Morgan fingerprint density at radius 1 is 1.14 bits per heavy atom. The van der Waals surface area contributed by atoms with Gasteiger partial charge in [-0.05, 0) is 30.5 Å². The largest absolute Gasteiger partial charge is 0.468 e. The molecule has 114 valence electrons. The molecular formula is C18H25NO2. The van der Waals surface area contributed by atoms with Crippen molar-refractivity contribution in [2.75, 3.05) is 26.1 Å². The van der Waals surface area contributed by atoms with Crippen LogP contribution in [0.1, 0.15) is 37.7 Å². The Kier molecular flexibility index (Phi) is 5.05. The number of rotatable bonds is 4. The quantitative estimate of drug-likeness (QED) is 0.787. The van der Waals surface area contributed by atoms with E-state index in [-0.39, 0.29) is 5.97 Å². The fraction of sp³-hybridized carbons (Fsp3) is 0.500. The minimum absolute atomic E-state index is 0.0941. The van der Waals surface area contributed by atoms with Crippen molar-refractivity contribution >= 4 is 17.7 Å². The zero-order valence-electron chi connectivity index (χ0n) is 13.3. The van der Waals surface area contributed by atoms with Crippen LogP contribution in [-0.4, -0.2) is 27.2 Å². The lowest BCUT2D eigenvalue weighted by Crippen LogP contribution is -2.32. The molecule has 0 spiro atoms. The van der Waals surface area contributed by atoms with Crippen LogP contribution in [0.25, 0.3) is 6.08 Å². The highest BCUT2D eigenvalue weighted by atomic mass is 16.5. The van der Waals surface area contributed by atoms with E-state index in [2.05, 4.69) is 41.3 Å². The fourth-order valence-corrected chi connectivity index (χ4v) is 2.96. The Balaban J connectivity index is 2.17. The highest BCUT2D eigenvalue weighted by Gasteiger charge is 2.37. The summed E-state index contributed by atoms with van der Waals surface area (Å²) in [6.45, 7) is 0. The topological polar surface area (TPSA) is 29.5 Å². The minimum atomic E-state index is -0.423. The molecule has 21 heavy (non-hydrogen) atoms. The van der Waals surface area contributed by atoms with E-state index in [1.165, 1.54) is 19.2 Å². The second kappa shape index (κ2) is 6.79. The molecule has 0 N–H and O–H groups in total. The summed E-state index contributed by atoms with van der Waals surface area (Å²) in [5.41, 5.74) is 1.87. The average molecular weight is 287 g/mol. The van der Waals surface area contributed by atoms with E-state index in [0.29, 0.717) is 0 Å². The third kappa shape index (κ3) is 3.66. The van der Waals surface area contributed by atoms with Crippen molar-refractivity contribution in [1.29, 1.82) is 0 Å². The lowest BCUT2D eigenvalue weighted by Gasteiger charge is -2.31. The van der Waals surface area contributed by atoms with Crippen molar-refractivity contribution in [1.82, 2.24) is 0 Å². The summed E-state index contributed by atoms with van der Waals surface area (Å²) in [5, 5.41) is 0. The number of anilines is 1. The van der Waals surface area contributed by atoms with Crippen LogP contribution in [0.5, 0.6) is 0 Å². The van der Waals surface area contributed by atoms with Crippen molar-refractivity contribution in [3.05, 3.63) is 35.9 Å². The summed E-state index contributed by atoms with van der Waals surface area (Å²) >= 11 is 0. The van der Waals surface area contributed by atoms with Gasteiger partial charge < -0.3 is 9.64 Å². The zero-order valence-corrected chi connectivity index (χ0v) is 13.3. The zero-order chi connectivity index (χ0) is 15.3. The molecule has 1 saturated carbocycles. The molecule has 1 aliphatic rings. The number of methoxy groups -OCH3 is 1. The van der Waals surface area contributed by atoms with Crippen LogP contribution in [0.2, 0.25) is 0 Å². The molecule has 1 aliphatic carbocycles. The number of carbonyl (C=O) groups excluding carboxylic acids is 1. The fourth-order valence-electron chi connectivity index (χ4n) is 2.96. The lowest BCUT2D eigenvalue weighted by atomic mass is 9.73. The Morgan fingerprint density at radius 3 is 2.29 bits per heavy atom. The van der Waals surface area contributed by atoms with Gasteiger partial charge in [0, 0.05) is 19.8 Å². The second-order valence-corrected chi connectivity index (χ2v) is 6.03. The van der Waals surface area contributed by atoms with Crippen molar-refractivity contribution in [2.24, 2.45) is 5.41 Å². The Bertz CT molecular complexity index is 496. The third-order valence-electron chi connectivity index (χ3n) is 4.34. The molecule has 2 rings (SSSR count). The molecule has 1 aromatic carbocycles. The predicted octanol–water partition coefficient (Wildman–Crippen LogP) is 3.89. The van der Waals surface area contributed by atoms with Gasteiger partial charge in [0.2, 0.25) is 0 Å². The van der Waals surface area contributed by atoms with Crippen LogP contribution in [0.15, 0.2) is 30.3 Å². The van der Waals surface area contributed by atoms with Gasteiger partial charge in [-0.15, -0.1) is 0 Å². The maximum absolute atomic E-state index is 12.2. The van der Waals surface area contributed by atoms with Gasteiger partial charge >= 0.3 is 5.97 Å². The van der Waals surface area contributed by atoms with Gasteiger partial charge in [-0.1, -0.05) is 43.5 Å². The number of hydrogen-bond donors (Lipinski definition) is 0. The number of nitrogens with zero attached hydrogens (tertiary/aromatic N) is 1. The standard InChI is InChI=1S/C18H25NO2/c1-19(2)16-9-7-15(8-10-16)11-14-18(17(20)21-3)12-5-4-6-13-18/h7-11,14H,4-6,12-13H2,1-3H3/b14-11+. The second-order valence-electron chi connectivity index (χ2n) is 6.03.